The summed E-state index contributed by atoms with van der Waals surface area (Å²) < 4.78 is 108. The van der Waals surface area contributed by atoms with Crippen LogP contribution in [0, 0.1) is 16.2 Å². The average molecular weight is 1330 g/mol. The van der Waals surface area contributed by atoms with Crippen molar-refractivity contribution in [2.45, 2.75) is 223 Å². The molecule has 0 aliphatic heterocycles. The highest BCUT2D eigenvalue weighted by Crippen LogP contribution is 2.54. The molecule has 2 N–H and O–H groups in total. The molecule has 0 amide bonds. The van der Waals surface area contributed by atoms with Crippen LogP contribution in [0.4, 0.5) is 26.3 Å². The highest BCUT2D eigenvalue weighted by molar-refractivity contribution is 6.11. The zero-order chi connectivity index (χ0) is 71.7. The van der Waals surface area contributed by atoms with Crippen LogP contribution in [0.25, 0.3) is 66.0 Å². The Labute approximate surface area is 571 Å². The van der Waals surface area contributed by atoms with Crippen molar-refractivity contribution in [1.82, 2.24) is 9.13 Å². The molecule has 2 heterocycles. The molecule has 7 aromatic carbocycles. The van der Waals surface area contributed by atoms with Gasteiger partial charge in [0, 0.05) is 55.7 Å². The van der Waals surface area contributed by atoms with Crippen LogP contribution < -0.4 is 4.74 Å². The van der Waals surface area contributed by atoms with Gasteiger partial charge >= 0.3 is 12.4 Å². The van der Waals surface area contributed by atoms with Crippen LogP contribution in [0.3, 0.4) is 0 Å². The monoisotopic (exact) mass is 1330 g/mol. The summed E-state index contributed by atoms with van der Waals surface area (Å²) in [6.45, 7) is 47.0. The lowest BCUT2D eigenvalue weighted by Crippen LogP contribution is -2.45. The van der Waals surface area contributed by atoms with Gasteiger partial charge < -0.3 is 28.8 Å². The van der Waals surface area contributed by atoms with Gasteiger partial charge in [0.05, 0.1) is 41.1 Å². The van der Waals surface area contributed by atoms with Gasteiger partial charge in [0.25, 0.3) is 0 Å². The lowest BCUT2D eigenvalue weighted by Gasteiger charge is -2.44. The normalized spacial score (nSPS) is 16.9. The van der Waals surface area contributed by atoms with Crippen molar-refractivity contribution in [3.63, 3.8) is 0 Å². The van der Waals surface area contributed by atoms with E-state index in [1.807, 2.05) is 16.7 Å². The third-order valence-corrected chi connectivity index (χ3v) is 19.5. The molecular formula is C85H102F6N2O4. The zero-order valence-corrected chi connectivity index (χ0v) is 61.3. The minimum atomic E-state index is -4.78. The van der Waals surface area contributed by atoms with Gasteiger partial charge in [-0.25, -0.2) is 0 Å². The van der Waals surface area contributed by atoms with E-state index >= 15 is 13.2 Å². The summed E-state index contributed by atoms with van der Waals surface area (Å²) in [5.74, 6) is -2.53. The van der Waals surface area contributed by atoms with Crippen LogP contribution in [0.5, 0.6) is 11.5 Å². The molecule has 0 fully saturated rings. The molecule has 10 rings (SSSR count). The Morgan fingerprint density at radius 1 is 0.443 bits per heavy atom. The summed E-state index contributed by atoms with van der Waals surface area (Å²) in [6, 6.07) is 36.5. The van der Waals surface area contributed by atoms with E-state index in [9.17, 15) is 23.4 Å². The quantitative estimate of drug-likeness (QED) is 0.0647. The number of hydrogen-bond donors (Lipinski definition) is 2. The lowest BCUT2D eigenvalue weighted by molar-refractivity contribution is -0.179. The topological polar surface area (TPSA) is 68.8 Å². The number of aliphatic hydroxyl groups is 1. The maximum atomic E-state index is 15.2. The van der Waals surface area contributed by atoms with Crippen LogP contribution >= 0.6 is 0 Å². The molecule has 2 atom stereocenters. The molecule has 2 aromatic heterocycles. The van der Waals surface area contributed by atoms with Crippen molar-refractivity contribution in [3.05, 3.63) is 190 Å². The number of fused-ring (bicyclic) bond motifs is 6. The number of hydrogen-bond acceptors (Lipinski definition) is 4. The molecule has 12 heteroatoms. The highest BCUT2D eigenvalue weighted by Gasteiger charge is 2.49. The minimum absolute atomic E-state index is 0.0144. The summed E-state index contributed by atoms with van der Waals surface area (Å²) in [4.78, 5) is 0. The summed E-state index contributed by atoms with van der Waals surface area (Å²) in [6.07, 6.45) is -4.26. The predicted octanol–water partition coefficient (Wildman–Crippen LogP) is 24.4. The molecule has 0 bridgehead atoms. The van der Waals surface area contributed by atoms with E-state index in [0.717, 1.165) is 101 Å². The first kappa shape index (κ1) is 72.5. The van der Waals surface area contributed by atoms with Crippen LogP contribution in [0.2, 0.25) is 0 Å². The summed E-state index contributed by atoms with van der Waals surface area (Å²) in [5.41, 5.74) is 5.83. The Hall–Kier alpha value is -7.28. The molecule has 0 saturated carbocycles. The first-order valence-electron chi connectivity index (χ1n) is 34.3. The smallest absolute Gasteiger partial charge is 0.416 e. The number of rotatable bonds is 14. The zero-order valence-electron chi connectivity index (χ0n) is 61.3. The van der Waals surface area contributed by atoms with Crippen LogP contribution in [-0.4, -0.2) is 38.3 Å². The molecule has 97 heavy (non-hydrogen) atoms. The molecule has 0 spiro atoms. The first-order valence-corrected chi connectivity index (χ1v) is 34.3. The van der Waals surface area contributed by atoms with Crippen molar-refractivity contribution in [2.75, 3.05) is 13.2 Å². The van der Waals surface area contributed by atoms with Crippen LogP contribution in [0.15, 0.2) is 145 Å². The number of phenols is 1. The molecule has 0 saturated heterocycles. The molecule has 0 radical (unpaired) electrons. The summed E-state index contributed by atoms with van der Waals surface area (Å²) >= 11 is 0. The van der Waals surface area contributed by atoms with E-state index in [1.165, 1.54) is 12.1 Å². The van der Waals surface area contributed by atoms with Crippen molar-refractivity contribution in [3.8, 4) is 28.3 Å². The highest BCUT2D eigenvalue weighted by atomic mass is 19.4. The SMILES string of the molecule is CC(C)(C)CC(C)(C)C1=CC(n2c3ccc(C(C)(C)C)cc3c3cc(C(C)(C)C)ccc32)C(O)(OCCCOc2ccc(C(F)(F)F)cc2-c2cc(C(C)(C)CC(C)(C)C)cc(-n3c4ccc(C(C)(C)C)cc4c4cc(C(C)(C)C)ccc43)c2O)C(c2cccc(C(F)(F)F)c2)=C1. The van der Waals surface area contributed by atoms with Gasteiger partial charge in [-0.15, -0.1) is 0 Å². The Morgan fingerprint density at radius 2 is 0.866 bits per heavy atom. The second-order valence-corrected chi connectivity index (χ2v) is 35.4. The molecule has 1 aliphatic rings. The fourth-order valence-corrected chi connectivity index (χ4v) is 15.0. The number of phenolic OH excluding ortho intramolecular Hbond substituents is 1. The van der Waals surface area contributed by atoms with E-state index in [0.29, 0.717) is 18.5 Å². The number of allylic oxidation sites excluding steroid dienone is 2. The number of nitrogens with zero attached hydrogens (tertiary/aromatic N) is 2. The van der Waals surface area contributed by atoms with E-state index in [2.05, 4.69) is 230 Å². The van der Waals surface area contributed by atoms with Gasteiger partial charge in [-0.3, -0.25) is 0 Å². The fourth-order valence-electron chi connectivity index (χ4n) is 15.0. The van der Waals surface area contributed by atoms with Crippen molar-refractivity contribution in [2.24, 2.45) is 16.2 Å². The number of alkyl halides is 6. The second kappa shape index (κ2) is 24.6. The van der Waals surface area contributed by atoms with Crippen LogP contribution in [-0.2, 0) is 44.2 Å². The first-order chi connectivity index (χ1) is 44.4. The third-order valence-electron chi connectivity index (χ3n) is 19.5. The van der Waals surface area contributed by atoms with Crippen molar-refractivity contribution >= 4 is 49.2 Å². The van der Waals surface area contributed by atoms with E-state index < -0.39 is 46.1 Å². The predicted molar refractivity (Wildman–Crippen MR) is 390 cm³/mol. The van der Waals surface area contributed by atoms with E-state index in [-0.39, 0.29) is 85.9 Å². The van der Waals surface area contributed by atoms with Gasteiger partial charge in [0.2, 0.25) is 5.79 Å². The van der Waals surface area contributed by atoms with Gasteiger partial charge in [-0.1, -0.05) is 195 Å². The van der Waals surface area contributed by atoms with Gasteiger partial charge in [-0.05, 0) is 192 Å². The average Bonchev–Trinajstić information content (AvgIpc) is 1.68. The van der Waals surface area contributed by atoms with Crippen molar-refractivity contribution in [1.29, 1.82) is 0 Å². The van der Waals surface area contributed by atoms with Gasteiger partial charge in [0.15, 0.2) is 0 Å². The maximum Gasteiger partial charge on any atom is 0.416 e. The molecule has 6 nitrogen and oxygen atoms in total. The summed E-state index contributed by atoms with van der Waals surface area (Å²) in [5, 5.41) is 31.2. The number of halogens is 6. The largest absolute Gasteiger partial charge is 0.505 e. The Kier molecular flexibility index (Phi) is 18.3. The molecule has 9 aromatic rings. The second-order valence-electron chi connectivity index (χ2n) is 35.4. The number of benzene rings is 7. The molecular weight excluding hydrogens is 1230 g/mol. The van der Waals surface area contributed by atoms with Crippen LogP contribution in [0.1, 0.15) is 222 Å². The number of aromatic hydroxyl groups is 1. The van der Waals surface area contributed by atoms with E-state index in [1.54, 1.807) is 18.2 Å². The van der Waals surface area contributed by atoms with E-state index in [4.69, 9.17) is 9.47 Å². The molecule has 518 valence electrons. The lowest BCUT2D eigenvalue weighted by atomic mass is 9.68. The number of aromatic nitrogens is 2. The minimum Gasteiger partial charge on any atom is -0.505 e. The molecule has 2 unspecified atom stereocenters. The molecule has 1 aliphatic carbocycles. The Bertz CT molecular complexity index is 4420. The third kappa shape index (κ3) is 14.7. The fraction of sp³-hybridized carbons (Fsp3) is 0.459. The Morgan fingerprint density at radius 3 is 1.32 bits per heavy atom. The van der Waals surface area contributed by atoms with Gasteiger partial charge in [0.1, 0.15) is 17.5 Å². The summed E-state index contributed by atoms with van der Waals surface area (Å²) in [7, 11) is 0. The maximum absolute atomic E-state index is 15.2. The van der Waals surface area contributed by atoms with Gasteiger partial charge in [-0.2, -0.15) is 26.3 Å². The van der Waals surface area contributed by atoms with Crippen molar-refractivity contribution < 1.29 is 46.0 Å². The Balaban J connectivity index is 1.13. The number of ether oxygens (including phenoxy) is 2. The standard InChI is InChI=1S/C85H102F6N2O4/c1-75(2,3)49-81(19,20)58-45-65(74(94)71(47-58)92-67-32-27-52(77(7,8)9)40-60(67)61-41-53(78(10,11)12)28-33-68(61)92)64-44-57(85(89,90)91)31-36-72(64)96-37-24-38-97-83(95)66(51-25-23-26-56(39-51)84(86,87)88)46-59(82(21,22)50-76(4,5)6)48-73(83)93-69-34-29-54(79(13,14)15)42-62(69)63-43-55(80(16,17)18)30-35-70(63)93/h23,25-36,39-48,73,94-95H,24,37-38,49-50H2,1-22H3.